The molecule has 3 rings (SSSR count). The predicted octanol–water partition coefficient (Wildman–Crippen LogP) is 0.494. The van der Waals surface area contributed by atoms with E-state index in [9.17, 15) is 0 Å². The second kappa shape index (κ2) is 5.14. The molecule has 0 saturated carbocycles. The minimum atomic E-state index is 0.730. The standard InChI is InChI=1S/C12H21N5/c1-3-12-11(4-9-16(12)7-1)13-5-2-8-17-10-6-14-15-17/h6,10-13H,1-5,7-9H2. The summed E-state index contributed by atoms with van der Waals surface area (Å²) >= 11 is 0. The number of aryl methyl sites for hydroxylation is 1. The van der Waals surface area contributed by atoms with Crippen molar-refractivity contribution in [1.82, 2.24) is 25.2 Å². The highest BCUT2D eigenvalue weighted by atomic mass is 15.4. The summed E-state index contributed by atoms with van der Waals surface area (Å²) < 4.78 is 1.90. The molecule has 0 spiro atoms. The third-order valence-electron chi connectivity index (χ3n) is 4.05. The van der Waals surface area contributed by atoms with Crippen LogP contribution in [0.3, 0.4) is 0 Å². The number of hydrogen-bond donors (Lipinski definition) is 1. The van der Waals surface area contributed by atoms with Crippen LogP contribution in [0.5, 0.6) is 0 Å². The predicted molar refractivity (Wildman–Crippen MR) is 65.6 cm³/mol. The van der Waals surface area contributed by atoms with Gasteiger partial charge in [0.05, 0.1) is 6.20 Å². The van der Waals surface area contributed by atoms with Crippen molar-refractivity contribution in [2.24, 2.45) is 0 Å². The molecule has 2 aliphatic rings. The van der Waals surface area contributed by atoms with E-state index in [1.54, 1.807) is 6.20 Å². The van der Waals surface area contributed by atoms with Crippen LogP contribution < -0.4 is 5.32 Å². The van der Waals surface area contributed by atoms with E-state index >= 15 is 0 Å². The van der Waals surface area contributed by atoms with E-state index in [1.165, 1.54) is 32.4 Å². The van der Waals surface area contributed by atoms with Gasteiger partial charge in [-0.1, -0.05) is 5.21 Å². The summed E-state index contributed by atoms with van der Waals surface area (Å²) in [6.45, 7) is 4.68. The summed E-state index contributed by atoms with van der Waals surface area (Å²) in [6, 6.07) is 1.55. The molecule has 1 aromatic heterocycles. The minimum Gasteiger partial charge on any atom is -0.312 e. The molecule has 5 nitrogen and oxygen atoms in total. The molecule has 0 aromatic carbocycles. The number of nitrogens with zero attached hydrogens (tertiary/aromatic N) is 4. The SMILES string of the molecule is c1cn(CCCNC2CCN3CCCC23)nn1. The van der Waals surface area contributed by atoms with Gasteiger partial charge in [-0.3, -0.25) is 9.58 Å². The van der Waals surface area contributed by atoms with Gasteiger partial charge in [-0.05, 0) is 38.8 Å². The molecule has 2 unspecified atom stereocenters. The minimum absolute atomic E-state index is 0.730. The topological polar surface area (TPSA) is 46.0 Å². The van der Waals surface area contributed by atoms with Gasteiger partial charge in [0.2, 0.25) is 0 Å². The highest BCUT2D eigenvalue weighted by Crippen LogP contribution is 2.27. The van der Waals surface area contributed by atoms with Gasteiger partial charge in [-0.25, -0.2) is 0 Å². The fraction of sp³-hybridized carbons (Fsp3) is 0.833. The van der Waals surface area contributed by atoms with Gasteiger partial charge < -0.3 is 5.32 Å². The largest absolute Gasteiger partial charge is 0.312 e. The van der Waals surface area contributed by atoms with E-state index in [0.717, 1.165) is 31.6 Å². The van der Waals surface area contributed by atoms with E-state index < -0.39 is 0 Å². The maximum absolute atomic E-state index is 3.97. The zero-order valence-corrected chi connectivity index (χ0v) is 10.3. The van der Waals surface area contributed by atoms with Crippen LogP contribution in [0.2, 0.25) is 0 Å². The van der Waals surface area contributed by atoms with Gasteiger partial charge in [-0.2, -0.15) is 0 Å². The molecule has 1 aromatic rings. The Balaban J connectivity index is 1.37. The molecular weight excluding hydrogens is 214 g/mol. The van der Waals surface area contributed by atoms with Gasteiger partial charge in [0.15, 0.2) is 0 Å². The Kier molecular flexibility index (Phi) is 3.38. The maximum Gasteiger partial charge on any atom is 0.0692 e. The normalized spacial score (nSPS) is 28.7. The molecule has 2 aliphatic heterocycles. The lowest BCUT2D eigenvalue weighted by molar-refractivity contribution is 0.298. The lowest BCUT2D eigenvalue weighted by atomic mass is 10.1. The van der Waals surface area contributed by atoms with Crippen molar-refractivity contribution in [2.75, 3.05) is 19.6 Å². The van der Waals surface area contributed by atoms with E-state index in [4.69, 9.17) is 0 Å². The number of fused-ring (bicyclic) bond motifs is 1. The molecule has 0 aliphatic carbocycles. The van der Waals surface area contributed by atoms with Crippen LogP contribution in [-0.4, -0.2) is 51.6 Å². The van der Waals surface area contributed by atoms with Gasteiger partial charge in [0, 0.05) is 31.4 Å². The van der Waals surface area contributed by atoms with E-state index in [0.29, 0.717) is 0 Å². The average molecular weight is 235 g/mol. The highest BCUT2D eigenvalue weighted by Gasteiger charge is 2.36. The van der Waals surface area contributed by atoms with Crippen molar-refractivity contribution in [1.29, 1.82) is 0 Å². The lowest BCUT2D eigenvalue weighted by Crippen LogP contribution is -2.39. The fourth-order valence-electron chi connectivity index (χ4n) is 3.20. The zero-order chi connectivity index (χ0) is 11.5. The summed E-state index contributed by atoms with van der Waals surface area (Å²) in [7, 11) is 0. The summed E-state index contributed by atoms with van der Waals surface area (Å²) in [5.74, 6) is 0. The van der Waals surface area contributed by atoms with Crippen LogP contribution >= 0.6 is 0 Å². The second-order valence-electron chi connectivity index (χ2n) is 5.11. The third kappa shape index (κ3) is 2.50. The molecule has 0 radical (unpaired) electrons. The molecule has 2 atom stereocenters. The van der Waals surface area contributed by atoms with Crippen molar-refractivity contribution >= 4 is 0 Å². The van der Waals surface area contributed by atoms with E-state index in [2.05, 4.69) is 20.5 Å². The molecule has 94 valence electrons. The van der Waals surface area contributed by atoms with Crippen molar-refractivity contribution in [2.45, 2.75) is 44.3 Å². The third-order valence-corrected chi connectivity index (χ3v) is 4.05. The summed E-state index contributed by atoms with van der Waals surface area (Å²) in [4.78, 5) is 2.65. The average Bonchev–Trinajstić information content (AvgIpc) is 3.03. The first kappa shape index (κ1) is 11.2. The van der Waals surface area contributed by atoms with Crippen molar-refractivity contribution in [3.8, 4) is 0 Å². The Labute approximate surface area is 102 Å². The monoisotopic (exact) mass is 235 g/mol. The molecule has 0 bridgehead atoms. The van der Waals surface area contributed by atoms with E-state index in [1.807, 2.05) is 10.9 Å². The van der Waals surface area contributed by atoms with Crippen molar-refractivity contribution in [3.05, 3.63) is 12.4 Å². The first-order valence-corrected chi connectivity index (χ1v) is 6.75. The van der Waals surface area contributed by atoms with Gasteiger partial charge in [-0.15, -0.1) is 5.10 Å². The van der Waals surface area contributed by atoms with Gasteiger partial charge >= 0.3 is 0 Å². The number of nitrogens with one attached hydrogen (secondary N) is 1. The van der Waals surface area contributed by atoms with Crippen LogP contribution in [0.25, 0.3) is 0 Å². The molecule has 17 heavy (non-hydrogen) atoms. The highest BCUT2D eigenvalue weighted by molar-refractivity contribution is 4.95. The van der Waals surface area contributed by atoms with Crippen molar-refractivity contribution < 1.29 is 0 Å². The number of aromatic nitrogens is 3. The molecule has 3 heterocycles. The smallest absolute Gasteiger partial charge is 0.0692 e. The first-order valence-electron chi connectivity index (χ1n) is 6.75. The number of hydrogen-bond acceptors (Lipinski definition) is 4. The molecule has 1 N–H and O–H groups in total. The van der Waals surface area contributed by atoms with Crippen LogP contribution in [0.4, 0.5) is 0 Å². The molecular formula is C12H21N5. The van der Waals surface area contributed by atoms with Crippen LogP contribution in [0.1, 0.15) is 25.7 Å². The molecule has 2 fully saturated rings. The summed E-state index contributed by atoms with van der Waals surface area (Å²) in [5.41, 5.74) is 0. The number of rotatable bonds is 5. The summed E-state index contributed by atoms with van der Waals surface area (Å²) in [5, 5.41) is 11.5. The van der Waals surface area contributed by atoms with Crippen molar-refractivity contribution in [3.63, 3.8) is 0 Å². The van der Waals surface area contributed by atoms with Gasteiger partial charge in [0.25, 0.3) is 0 Å². The molecule has 5 heteroatoms. The van der Waals surface area contributed by atoms with Crippen LogP contribution in [0, 0.1) is 0 Å². The lowest BCUT2D eigenvalue weighted by Gasteiger charge is -2.21. The second-order valence-corrected chi connectivity index (χ2v) is 5.11. The van der Waals surface area contributed by atoms with Crippen LogP contribution in [-0.2, 0) is 6.54 Å². The Bertz CT molecular complexity index is 337. The molecule has 0 amide bonds. The Morgan fingerprint density at radius 1 is 1.29 bits per heavy atom. The van der Waals surface area contributed by atoms with Gasteiger partial charge in [0.1, 0.15) is 0 Å². The maximum atomic E-state index is 3.97. The fourth-order valence-corrected chi connectivity index (χ4v) is 3.20. The van der Waals surface area contributed by atoms with Crippen LogP contribution in [0.15, 0.2) is 12.4 Å². The Hall–Kier alpha value is -0.940. The summed E-state index contributed by atoms with van der Waals surface area (Å²) in [6.07, 6.45) is 8.90. The Morgan fingerprint density at radius 3 is 3.18 bits per heavy atom. The molecule has 2 saturated heterocycles. The van der Waals surface area contributed by atoms with E-state index in [-0.39, 0.29) is 0 Å². The quantitative estimate of drug-likeness (QED) is 0.755. The first-order chi connectivity index (χ1) is 8.43. The zero-order valence-electron chi connectivity index (χ0n) is 10.3. The Morgan fingerprint density at radius 2 is 2.29 bits per heavy atom.